The summed E-state index contributed by atoms with van der Waals surface area (Å²) in [6, 6.07) is 14.8. The maximum Gasteiger partial charge on any atom is 0.406 e. The molecule has 0 saturated carbocycles. The van der Waals surface area contributed by atoms with Crippen LogP contribution in [0.5, 0.6) is 0 Å². The molecule has 0 N–H and O–H groups in total. The van der Waals surface area contributed by atoms with Gasteiger partial charge in [-0.3, -0.25) is 14.5 Å². The third-order valence-electron chi connectivity index (χ3n) is 5.23. The predicted molar refractivity (Wildman–Crippen MR) is 113 cm³/mol. The molecular weight excluding hydrogens is 427 g/mol. The summed E-state index contributed by atoms with van der Waals surface area (Å²) in [6.45, 7) is 0.415. The molecule has 2 heterocycles. The number of benzene rings is 2. The zero-order valence-electron chi connectivity index (χ0n) is 16.7. The number of nitrogens with zero attached hydrogens (tertiary/aromatic N) is 3. The molecule has 4 rings (SSSR count). The molecule has 2 aromatic carbocycles. The highest BCUT2D eigenvalue weighted by Gasteiger charge is 2.42. The van der Waals surface area contributed by atoms with Crippen LogP contribution in [0, 0.1) is 5.92 Å². The van der Waals surface area contributed by atoms with Crippen molar-refractivity contribution in [3.05, 3.63) is 54.1 Å². The van der Waals surface area contributed by atoms with Gasteiger partial charge in [0.2, 0.25) is 11.8 Å². The lowest BCUT2D eigenvalue weighted by atomic mass is 10.1. The van der Waals surface area contributed by atoms with E-state index >= 15 is 0 Å². The van der Waals surface area contributed by atoms with Crippen molar-refractivity contribution < 1.29 is 22.8 Å². The Bertz CT molecular complexity index is 1080. The first-order valence-corrected chi connectivity index (χ1v) is 10.7. The summed E-state index contributed by atoms with van der Waals surface area (Å²) >= 11 is 1.32. The second kappa shape index (κ2) is 8.30. The third kappa shape index (κ3) is 4.56. The number of fused-ring (bicyclic) bond motifs is 1. The molecule has 3 aromatic rings. The predicted octanol–water partition coefficient (Wildman–Crippen LogP) is 4.93. The average molecular weight is 447 g/mol. The molecule has 1 aliphatic rings. The van der Waals surface area contributed by atoms with E-state index in [-0.39, 0.29) is 13.0 Å². The Hall–Kier alpha value is -2.94. The topological polar surface area (TPSA) is 53.5 Å². The molecule has 1 aromatic heterocycles. The van der Waals surface area contributed by atoms with Crippen LogP contribution in [0.3, 0.4) is 0 Å². The maximum atomic E-state index is 13.5. The van der Waals surface area contributed by atoms with Gasteiger partial charge in [-0.15, -0.1) is 0 Å². The van der Waals surface area contributed by atoms with Crippen molar-refractivity contribution >= 4 is 44.2 Å². The highest BCUT2D eigenvalue weighted by atomic mass is 32.1. The first-order valence-electron chi connectivity index (χ1n) is 9.88. The number of hydrogen-bond acceptors (Lipinski definition) is 4. The standard InChI is InChI=1S/C22H20F3N3O2S/c1-2-14-7-9-16(10-8-14)28(21-26-17-5-3-4-6-18(17)31-21)20(30)15-11-19(29)27(12-15)13-22(23,24)25/h3-10,15H,2,11-13H2,1H3. The van der Waals surface area contributed by atoms with Crippen LogP contribution in [0.1, 0.15) is 18.9 Å². The summed E-state index contributed by atoms with van der Waals surface area (Å²) in [7, 11) is 0. The zero-order valence-corrected chi connectivity index (χ0v) is 17.5. The minimum atomic E-state index is -4.50. The van der Waals surface area contributed by atoms with E-state index in [0.717, 1.165) is 22.2 Å². The third-order valence-corrected chi connectivity index (χ3v) is 6.25. The van der Waals surface area contributed by atoms with Crippen LogP contribution in [0.2, 0.25) is 0 Å². The van der Waals surface area contributed by atoms with E-state index in [1.54, 1.807) is 12.1 Å². The van der Waals surface area contributed by atoms with Crippen LogP contribution in [-0.4, -0.2) is 41.0 Å². The molecule has 0 radical (unpaired) electrons. The number of hydrogen-bond donors (Lipinski definition) is 0. The van der Waals surface area contributed by atoms with Crippen molar-refractivity contribution in [1.82, 2.24) is 9.88 Å². The summed E-state index contributed by atoms with van der Waals surface area (Å²) < 4.78 is 39.3. The van der Waals surface area contributed by atoms with Crippen molar-refractivity contribution in [3.63, 3.8) is 0 Å². The van der Waals surface area contributed by atoms with Gasteiger partial charge in [0.15, 0.2) is 5.13 Å². The number of anilines is 2. The lowest BCUT2D eigenvalue weighted by Gasteiger charge is -2.24. The van der Waals surface area contributed by atoms with Crippen molar-refractivity contribution in [3.8, 4) is 0 Å². The Balaban J connectivity index is 1.68. The van der Waals surface area contributed by atoms with Gasteiger partial charge in [0, 0.05) is 13.0 Å². The molecule has 31 heavy (non-hydrogen) atoms. The number of rotatable bonds is 5. The second-order valence-corrected chi connectivity index (χ2v) is 8.46. The number of para-hydroxylation sites is 1. The summed E-state index contributed by atoms with van der Waals surface area (Å²) in [5.74, 6) is -1.96. The van der Waals surface area contributed by atoms with Crippen LogP contribution in [-0.2, 0) is 16.0 Å². The van der Waals surface area contributed by atoms with Crippen molar-refractivity contribution in [2.24, 2.45) is 5.92 Å². The Kier molecular flexibility index (Phi) is 5.70. The van der Waals surface area contributed by atoms with Gasteiger partial charge < -0.3 is 4.90 Å². The lowest BCUT2D eigenvalue weighted by Crippen LogP contribution is -2.37. The molecule has 9 heteroatoms. The monoisotopic (exact) mass is 447 g/mol. The molecule has 0 aliphatic carbocycles. The van der Waals surface area contributed by atoms with Crippen molar-refractivity contribution in [2.75, 3.05) is 18.0 Å². The van der Waals surface area contributed by atoms with E-state index in [0.29, 0.717) is 15.7 Å². The summed E-state index contributed by atoms with van der Waals surface area (Å²) in [4.78, 5) is 32.3. The van der Waals surface area contributed by atoms with Gasteiger partial charge >= 0.3 is 6.18 Å². The van der Waals surface area contributed by atoms with E-state index in [2.05, 4.69) is 4.98 Å². The number of thiazole rings is 1. The van der Waals surface area contributed by atoms with Gasteiger partial charge in [0.05, 0.1) is 21.8 Å². The zero-order chi connectivity index (χ0) is 22.2. The Morgan fingerprint density at radius 2 is 1.90 bits per heavy atom. The van der Waals surface area contributed by atoms with Gasteiger partial charge in [0.25, 0.3) is 0 Å². The fourth-order valence-corrected chi connectivity index (χ4v) is 4.65. The van der Waals surface area contributed by atoms with Gasteiger partial charge in [-0.2, -0.15) is 13.2 Å². The molecular formula is C22H20F3N3O2S. The molecule has 0 spiro atoms. The molecule has 162 valence electrons. The van der Waals surface area contributed by atoms with Gasteiger partial charge in [-0.05, 0) is 36.2 Å². The maximum absolute atomic E-state index is 13.5. The molecule has 2 amide bonds. The van der Waals surface area contributed by atoms with Crippen LogP contribution >= 0.6 is 11.3 Å². The highest BCUT2D eigenvalue weighted by molar-refractivity contribution is 7.22. The number of alkyl halides is 3. The minimum absolute atomic E-state index is 0.247. The van der Waals surface area contributed by atoms with Crippen LogP contribution in [0.15, 0.2) is 48.5 Å². The summed E-state index contributed by atoms with van der Waals surface area (Å²) in [5.41, 5.74) is 2.39. The number of halogens is 3. The number of amides is 2. The number of aryl methyl sites for hydroxylation is 1. The number of carbonyl (C=O) groups excluding carboxylic acids is 2. The smallest absolute Gasteiger partial charge is 0.333 e. The van der Waals surface area contributed by atoms with Crippen LogP contribution < -0.4 is 4.90 Å². The first-order chi connectivity index (χ1) is 14.7. The molecule has 1 saturated heterocycles. The second-order valence-electron chi connectivity index (χ2n) is 7.45. The molecule has 0 bridgehead atoms. The Morgan fingerprint density at radius 1 is 1.19 bits per heavy atom. The molecule has 1 unspecified atom stereocenters. The Morgan fingerprint density at radius 3 is 2.55 bits per heavy atom. The number of aromatic nitrogens is 1. The lowest BCUT2D eigenvalue weighted by molar-refractivity contribution is -0.157. The fraction of sp³-hybridized carbons (Fsp3) is 0.318. The van der Waals surface area contributed by atoms with E-state index in [4.69, 9.17) is 0 Å². The van der Waals surface area contributed by atoms with E-state index in [1.807, 2.05) is 43.3 Å². The molecule has 5 nitrogen and oxygen atoms in total. The van der Waals surface area contributed by atoms with Gasteiger partial charge in [-0.1, -0.05) is 42.5 Å². The molecule has 1 atom stereocenters. The van der Waals surface area contributed by atoms with Crippen molar-refractivity contribution in [2.45, 2.75) is 25.9 Å². The average Bonchev–Trinajstić information content (AvgIpc) is 3.31. The van der Waals surface area contributed by atoms with Crippen molar-refractivity contribution in [1.29, 1.82) is 0 Å². The summed E-state index contributed by atoms with van der Waals surface area (Å²) in [6.07, 6.45) is -3.92. The first kappa shape index (κ1) is 21.3. The fourth-order valence-electron chi connectivity index (χ4n) is 3.66. The SMILES string of the molecule is CCc1ccc(N(C(=O)C2CC(=O)N(CC(F)(F)F)C2)c2nc3ccccc3s2)cc1. The molecule has 1 aliphatic heterocycles. The number of carbonyl (C=O) groups is 2. The van der Waals surface area contributed by atoms with E-state index in [1.165, 1.54) is 16.2 Å². The van der Waals surface area contributed by atoms with E-state index < -0.39 is 30.5 Å². The minimum Gasteiger partial charge on any atom is -0.333 e. The number of likely N-dealkylation sites (tertiary alicyclic amines) is 1. The van der Waals surface area contributed by atoms with Crippen LogP contribution in [0.4, 0.5) is 24.0 Å². The van der Waals surface area contributed by atoms with Gasteiger partial charge in [-0.25, -0.2) is 4.98 Å². The summed E-state index contributed by atoms with van der Waals surface area (Å²) in [5, 5.41) is 0.428. The highest BCUT2D eigenvalue weighted by Crippen LogP contribution is 2.36. The largest absolute Gasteiger partial charge is 0.406 e. The Labute approximate surface area is 181 Å². The van der Waals surface area contributed by atoms with Gasteiger partial charge in [0.1, 0.15) is 6.54 Å². The molecule has 1 fully saturated rings. The van der Waals surface area contributed by atoms with Crippen LogP contribution in [0.25, 0.3) is 10.2 Å². The normalized spacial score (nSPS) is 16.8. The van der Waals surface area contributed by atoms with E-state index in [9.17, 15) is 22.8 Å². The quantitative estimate of drug-likeness (QED) is 0.557.